The van der Waals surface area contributed by atoms with E-state index in [1.807, 2.05) is 0 Å². The third-order valence-electron chi connectivity index (χ3n) is 5.71. The molecule has 0 spiro atoms. The molecule has 0 aliphatic carbocycles. The third kappa shape index (κ3) is 4.54. The van der Waals surface area contributed by atoms with Gasteiger partial charge in [-0.2, -0.15) is 4.98 Å². The molecular formula is C20H27N5O2. The predicted molar refractivity (Wildman–Crippen MR) is 101 cm³/mol. The first kappa shape index (κ1) is 18.1. The molecule has 0 saturated carbocycles. The number of hydrogen-bond donors (Lipinski definition) is 1. The first-order chi connectivity index (χ1) is 13.2. The van der Waals surface area contributed by atoms with Crippen molar-refractivity contribution in [2.75, 3.05) is 26.2 Å². The van der Waals surface area contributed by atoms with Crippen molar-refractivity contribution in [3.63, 3.8) is 0 Å². The normalized spacial score (nSPS) is 23.4. The summed E-state index contributed by atoms with van der Waals surface area (Å²) in [6, 6.07) is 11.2. The summed E-state index contributed by atoms with van der Waals surface area (Å²) in [7, 11) is 0. The monoisotopic (exact) mass is 369 g/mol. The van der Waals surface area contributed by atoms with Crippen molar-refractivity contribution in [2.24, 2.45) is 11.7 Å². The molecule has 27 heavy (non-hydrogen) atoms. The molecule has 3 fully saturated rings. The molecule has 2 aromatic rings. The molecular weight excluding hydrogens is 342 g/mol. The maximum atomic E-state index is 11.2. The molecule has 0 radical (unpaired) electrons. The SMILES string of the molecule is NC(=O)c1noc(CN2C[C@H]3CC[C@@H]2CN(CCCc2ccccc2)C3)n1. The fourth-order valence-corrected chi connectivity index (χ4v) is 4.40. The van der Waals surface area contributed by atoms with Gasteiger partial charge in [0, 0.05) is 25.7 Å². The van der Waals surface area contributed by atoms with Crippen LogP contribution < -0.4 is 5.73 Å². The summed E-state index contributed by atoms with van der Waals surface area (Å²) in [6.07, 6.45) is 4.81. The second kappa shape index (κ2) is 8.19. The molecule has 3 aliphatic heterocycles. The minimum absolute atomic E-state index is 0.0347. The lowest BCUT2D eigenvalue weighted by atomic mass is 9.95. The van der Waals surface area contributed by atoms with Crippen molar-refractivity contribution in [1.29, 1.82) is 0 Å². The fraction of sp³-hybridized carbons (Fsp3) is 0.550. The van der Waals surface area contributed by atoms with Crippen LogP contribution in [-0.4, -0.2) is 58.1 Å². The summed E-state index contributed by atoms with van der Waals surface area (Å²) in [4.78, 5) is 20.3. The number of carbonyl (C=O) groups is 1. The van der Waals surface area contributed by atoms with Crippen molar-refractivity contribution >= 4 is 5.91 Å². The number of aromatic nitrogens is 2. The Hall–Kier alpha value is -2.25. The topological polar surface area (TPSA) is 88.5 Å². The average Bonchev–Trinajstić information content (AvgIpc) is 2.97. The average molecular weight is 369 g/mol. The molecule has 0 unspecified atom stereocenters. The van der Waals surface area contributed by atoms with Crippen LogP contribution in [0, 0.1) is 5.92 Å². The highest BCUT2D eigenvalue weighted by molar-refractivity contribution is 5.88. The highest BCUT2D eigenvalue weighted by Gasteiger charge is 2.35. The fourth-order valence-electron chi connectivity index (χ4n) is 4.40. The van der Waals surface area contributed by atoms with Gasteiger partial charge in [0.15, 0.2) is 0 Å². The van der Waals surface area contributed by atoms with E-state index >= 15 is 0 Å². The van der Waals surface area contributed by atoms with Crippen molar-refractivity contribution < 1.29 is 9.32 Å². The molecule has 2 N–H and O–H groups in total. The van der Waals surface area contributed by atoms with E-state index < -0.39 is 5.91 Å². The Morgan fingerprint density at radius 2 is 2.04 bits per heavy atom. The van der Waals surface area contributed by atoms with Gasteiger partial charge in [0.25, 0.3) is 11.7 Å². The van der Waals surface area contributed by atoms with Crippen LogP contribution in [0.15, 0.2) is 34.9 Å². The summed E-state index contributed by atoms with van der Waals surface area (Å²) in [5.41, 5.74) is 6.62. The van der Waals surface area contributed by atoms with Crippen molar-refractivity contribution in [3.05, 3.63) is 47.6 Å². The largest absolute Gasteiger partial charge is 0.363 e. The summed E-state index contributed by atoms with van der Waals surface area (Å²) in [6.45, 7) is 5.04. The summed E-state index contributed by atoms with van der Waals surface area (Å²) >= 11 is 0. The van der Waals surface area contributed by atoms with Gasteiger partial charge >= 0.3 is 0 Å². The van der Waals surface area contributed by atoms with Crippen LogP contribution in [0.3, 0.4) is 0 Å². The van der Waals surface area contributed by atoms with E-state index in [1.165, 1.54) is 24.8 Å². The first-order valence-electron chi connectivity index (χ1n) is 9.80. The molecule has 2 atom stereocenters. The molecule has 2 bridgehead atoms. The summed E-state index contributed by atoms with van der Waals surface area (Å²) in [5, 5.41) is 3.65. The van der Waals surface area contributed by atoms with E-state index in [1.54, 1.807) is 0 Å². The van der Waals surface area contributed by atoms with Crippen LogP contribution in [0.25, 0.3) is 0 Å². The number of benzene rings is 1. The number of fused-ring (bicyclic) bond motifs is 4. The Balaban J connectivity index is 1.32. The summed E-state index contributed by atoms with van der Waals surface area (Å²) < 4.78 is 5.20. The minimum atomic E-state index is -0.646. The van der Waals surface area contributed by atoms with Gasteiger partial charge in [-0.1, -0.05) is 35.5 Å². The number of hydrogen-bond acceptors (Lipinski definition) is 6. The predicted octanol–water partition coefficient (Wildman–Crippen LogP) is 1.70. The number of aryl methyl sites for hydroxylation is 1. The standard InChI is InChI=1S/C20H27N5O2/c21-19(26)20-22-18(27-23-20)14-25-12-16-8-9-17(25)13-24(11-16)10-4-7-15-5-2-1-3-6-15/h1-3,5-6,16-17H,4,7-14H2,(H2,21,26)/t16-,17+/m0/s1. The van der Waals surface area contributed by atoms with Crippen LogP contribution in [0.4, 0.5) is 0 Å². The van der Waals surface area contributed by atoms with E-state index in [0.717, 1.165) is 32.6 Å². The number of piperidine rings is 1. The Morgan fingerprint density at radius 3 is 2.81 bits per heavy atom. The zero-order valence-electron chi connectivity index (χ0n) is 15.6. The van der Waals surface area contributed by atoms with Gasteiger partial charge in [-0.05, 0) is 43.7 Å². The number of nitrogens with two attached hydrogens (primary N) is 1. The van der Waals surface area contributed by atoms with Crippen LogP contribution >= 0.6 is 0 Å². The van der Waals surface area contributed by atoms with Gasteiger partial charge < -0.3 is 15.2 Å². The number of primary amides is 1. The molecule has 3 saturated heterocycles. The molecule has 1 aromatic heterocycles. The van der Waals surface area contributed by atoms with Gasteiger partial charge in [-0.25, -0.2) is 0 Å². The molecule has 3 aliphatic rings. The lowest BCUT2D eigenvalue weighted by Gasteiger charge is -2.35. The highest BCUT2D eigenvalue weighted by atomic mass is 16.5. The quantitative estimate of drug-likeness (QED) is 0.799. The second-order valence-electron chi connectivity index (χ2n) is 7.75. The lowest BCUT2D eigenvalue weighted by Crippen LogP contribution is -2.43. The molecule has 144 valence electrons. The number of amides is 1. The maximum Gasteiger partial charge on any atom is 0.290 e. The van der Waals surface area contributed by atoms with Crippen molar-refractivity contribution in [1.82, 2.24) is 19.9 Å². The van der Waals surface area contributed by atoms with Gasteiger partial charge in [0.05, 0.1) is 6.54 Å². The second-order valence-corrected chi connectivity index (χ2v) is 7.75. The number of nitrogens with zero attached hydrogens (tertiary/aromatic N) is 4. The van der Waals surface area contributed by atoms with Gasteiger partial charge in [0.1, 0.15) is 0 Å². The number of rotatable bonds is 7. The smallest absolute Gasteiger partial charge is 0.290 e. The molecule has 7 heteroatoms. The van der Waals surface area contributed by atoms with Gasteiger partial charge in [-0.15, -0.1) is 0 Å². The summed E-state index contributed by atoms with van der Waals surface area (Å²) in [5.74, 6) is 0.477. The van der Waals surface area contributed by atoms with Crippen molar-refractivity contribution in [2.45, 2.75) is 38.3 Å². The van der Waals surface area contributed by atoms with E-state index in [2.05, 4.69) is 50.3 Å². The number of carbonyl (C=O) groups excluding carboxylic acids is 1. The van der Waals surface area contributed by atoms with E-state index in [4.69, 9.17) is 10.3 Å². The highest BCUT2D eigenvalue weighted by Crippen LogP contribution is 2.29. The lowest BCUT2D eigenvalue weighted by molar-refractivity contribution is 0.0987. The molecule has 5 rings (SSSR count). The Morgan fingerprint density at radius 1 is 1.19 bits per heavy atom. The van der Waals surface area contributed by atoms with E-state index in [0.29, 0.717) is 24.4 Å². The van der Waals surface area contributed by atoms with E-state index in [-0.39, 0.29) is 5.82 Å². The molecule has 1 aromatic carbocycles. The Labute approximate surface area is 159 Å². The van der Waals surface area contributed by atoms with Gasteiger partial charge in [-0.3, -0.25) is 9.69 Å². The zero-order valence-corrected chi connectivity index (χ0v) is 15.6. The van der Waals surface area contributed by atoms with Crippen LogP contribution in [-0.2, 0) is 13.0 Å². The van der Waals surface area contributed by atoms with Crippen LogP contribution in [0.1, 0.15) is 41.3 Å². The first-order valence-corrected chi connectivity index (χ1v) is 9.80. The van der Waals surface area contributed by atoms with Gasteiger partial charge in [0.2, 0.25) is 5.89 Å². The third-order valence-corrected chi connectivity index (χ3v) is 5.71. The molecule has 1 amide bonds. The molecule has 4 heterocycles. The van der Waals surface area contributed by atoms with Crippen LogP contribution in [0.5, 0.6) is 0 Å². The Bertz CT molecular complexity index is 763. The van der Waals surface area contributed by atoms with E-state index in [9.17, 15) is 4.79 Å². The Kier molecular flexibility index (Phi) is 5.50. The minimum Gasteiger partial charge on any atom is -0.363 e. The molecule has 7 nitrogen and oxygen atoms in total. The zero-order chi connectivity index (χ0) is 18.6. The van der Waals surface area contributed by atoms with Crippen molar-refractivity contribution in [3.8, 4) is 0 Å². The van der Waals surface area contributed by atoms with Crippen LogP contribution in [0.2, 0.25) is 0 Å². The maximum absolute atomic E-state index is 11.2.